The third-order valence-electron chi connectivity index (χ3n) is 12.2. The fourth-order valence-corrected chi connectivity index (χ4v) is 9.11. The summed E-state index contributed by atoms with van der Waals surface area (Å²) in [5.41, 5.74) is 0. The molecule has 0 aromatic heterocycles. The number of nitrogens with one attached hydrogen (secondary N) is 1. The van der Waals surface area contributed by atoms with E-state index in [0.717, 1.165) is 38.5 Å². The van der Waals surface area contributed by atoms with Gasteiger partial charge in [-0.25, -0.2) is 4.57 Å². The Hall–Kier alpha value is -0.660. The topological polar surface area (TPSA) is 206 Å². The summed E-state index contributed by atoms with van der Waals surface area (Å²) < 4.78 is 23.0. The average Bonchev–Trinajstić information content (AvgIpc) is 3.22. The van der Waals surface area contributed by atoms with Crippen LogP contribution in [0.25, 0.3) is 0 Å². The Labute approximate surface area is 359 Å². The first-order valence-electron chi connectivity index (χ1n) is 24.5. The second-order valence-corrected chi connectivity index (χ2v) is 19.1. The first kappa shape index (κ1) is 56.4. The summed E-state index contributed by atoms with van der Waals surface area (Å²) in [5.74, 6) is -0.304. The van der Waals surface area contributed by atoms with Crippen molar-refractivity contribution in [3.8, 4) is 0 Å². The molecule has 0 aromatic carbocycles. The number of phosphoric ester groups is 1. The van der Waals surface area contributed by atoms with Crippen LogP contribution in [0.4, 0.5) is 0 Å². The van der Waals surface area contributed by atoms with Crippen LogP contribution in [0, 0.1) is 0 Å². The first-order valence-corrected chi connectivity index (χ1v) is 26.0. The maximum absolute atomic E-state index is 13.0. The first-order chi connectivity index (χ1) is 28.4. The van der Waals surface area contributed by atoms with Gasteiger partial charge in [-0.05, 0) is 12.8 Å². The fraction of sp³-hybridized carbons (Fsp3) is 0.978. The monoisotopic (exact) mass is 866 g/mol. The minimum atomic E-state index is -5.05. The summed E-state index contributed by atoms with van der Waals surface area (Å²) in [6, 6.07) is -1.02. The zero-order valence-corrected chi connectivity index (χ0v) is 38.5. The zero-order chi connectivity index (χ0) is 43.6. The zero-order valence-electron chi connectivity index (χ0n) is 37.6. The summed E-state index contributed by atoms with van der Waals surface area (Å²) >= 11 is 0. The van der Waals surface area contributed by atoms with Crippen LogP contribution in [0.1, 0.15) is 232 Å². The SMILES string of the molecule is CCCCCCCCCCCCCCCCCCCC(=O)N[C@@H](COP(=O)(O)OC1C(O)C(O)C(O)[C@@H](O)C1O)[C@H](O)CCCCCCCCCCCCCCCCC. The predicted molar refractivity (Wildman–Crippen MR) is 237 cm³/mol. The fourth-order valence-electron chi connectivity index (χ4n) is 8.14. The lowest BCUT2D eigenvalue weighted by Crippen LogP contribution is -2.64. The van der Waals surface area contributed by atoms with Crippen molar-refractivity contribution < 1.29 is 53.9 Å². The molecule has 6 unspecified atom stereocenters. The van der Waals surface area contributed by atoms with E-state index in [-0.39, 0.29) is 12.3 Å². The van der Waals surface area contributed by atoms with Crippen molar-refractivity contribution in [3.05, 3.63) is 0 Å². The summed E-state index contributed by atoms with van der Waals surface area (Å²) in [7, 11) is -5.05. The van der Waals surface area contributed by atoms with Crippen molar-refractivity contribution in [3.63, 3.8) is 0 Å². The number of carbonyl (C=O) groups excluding carboxylic acids is 1. The summed E-state index contributed by atoms with van der Waals surface area (Å²) in [4.78, 5) is 23.4. The number of carbonyl (C=O) groups is 1. The van der Waals surface area contributed by atoms with Crippen LogP contribution in [0.5, 0.6) is 0 Å². The van der Waals surface area contributed by atoms with Gasteiger partial charge in [0.2, 0.25) is 5.91 Å². The second-order valence-electron chi connectivity index (χ2n) is 17.7. The van der Waals surface area contributed by atoms with Crippen LogP contribution >= 0.6 is 7.82 Å². The number of amides is 1. The van der Waals surface area contributed by atoms with Gasteiger partial charge < -0.3 is 40.8 Å². The van der Waals surface area contributed by atoms with Gasteiger partial charge in [0, 0.05) is 6.42 Å². The molecule has 352 valence electrons. The molecule has 1 amide bonds. The average molecular weight is 866 g/mol. The molecule has 0 radical (unpaired) electrons. The molecule has 0 aromatic rings. The lowest BCUT2D eigenvalue weighted by Gasteiger charge is -2.41. The summed E-state index contributed by atoms with van der Waals surface area (Å²) in [6.07, 6.45) is 27.0. The molecule has 0 aliphatic heterocycles. The highest BCUT2D eigenvalue weighted by atomic mass is 31.2. The van der Waals surface area contributed by atoms with Crippen LogP contribution in [0.2, 0.25) is 0 Å². The minimum Gasteiger partial charge on any atom is -0.391 e. The molecule has 1 aliphatic carbocycles. The van der Waals surface area contributed by atoms with Crippen LogP contribution in [-0.4, -0.2) is 96.8 Å². The normalized spacial score (nSPS) is 22.9. The van der Waals surface area contributed by atoms with Gasteiger partial charge >= 0.3 is 7.82 Å². The van der Waals surface area contributed by atoms with Gasteiger partial charge in [0.05, 0.1) is 18.8 Å². The van der Waals surface area contributed by atoms with Crippen LogP contribution in [-0.2, 0) is 18.4 Å². The highest BCUT2D eigenvalue weighted by Gasteiger charge is 2.51. The van der Waals surface area contributed by atoms with E-state index in [1.807, 2.05) is 0 Å². The van der Waals surface area contributed by atoms with Crippen molar-refractivity contribution in [1.82, 2.24) is 5.32 Å². The number of unbranched alkanes of at least 4 members (excludes halogenated alkanes) is 30. The molecule has 0 heterocycles. The van der Waals surface area contributed by atoms with Crippen LogP contribution in [0.3, 0.4) is 0 Å². The Morgan fingerprint density at radius 1 is 0.508 bits per heavy atom. The maximum Gasteiger partial charge on any atom is 0.472 e. The Bertz CT molecular complexity index is 1010. The van der Waals surface area contributed by atoms with E-state index in [4.69, 9.17) is 9.05 Å². The van der Waals surface area contributed by atoms with E-state index in [0.29, 0.717) is 19.3 Å². The van der Waals surface area contributed by atoms with E-state index >= 15 is 0 Å². The third kappa shape index (κ3) is 28.6. The van der Waals surface area contributed by atoms with Gasteiger partial charge in [0.1, 0.15) is 36.6 Å². The maximum atomic E-state index is 13.0. The lowest BCUT2D eigenvalue weighted by molar-refractivity contribution is -0.220. The molecular weight excluding hydrogens is 773 g/mol. The lowest BCUT2D eigenvalue weighted by atomic mass is 9.85. The number of aliphatic hydroxyl groups excluding tert-OH is 6. The van der Waals surface area contributed by atoms with E-state index in [1.165, 1.54) is 154 Å². The van der Waals surface area contributed by atoms with Gasteiger partial charge in [-0.3, -0.25) is 13.8 Å². The molecule has 12 nitrogen and oxygen atoms in total. The molecule has 59 heavy (non-hydrogen) atoms. The number of hydrogen-bond acceptors (Lipinski definition) is 10. The van der Waals surface area contributed by atoms with Crippen molar-refractivity contribution >= 4 is 13.7 Å². The van der Waals surface area contributed by atoms with Gasteiger partial charge in [0.15, 0.2) is 0 Å². The predicted octanol–water partition coefficient (Wildman–Crippen LogP) is 9.46. The van der Waals surface area contributed by atoms with E-state index in [9.17, 15) is 44.9 Å². The van der Waals surface area contributed by atoms with Gasteiger partial charge in [-0.15, -0.1) is 0 Å². The van der Waals surface area contributed by atoms with Gasteiger partial charge in [-0.2, -0.15) is 0 Å². The third-order valence-corrected chi connectivity index (χ3v) is 13.2. The number of phosphoric acid groups is 1. The molecule has 0 spiro atoms. The Balaban J connectivity index is 2.43. The Morgan fingerprint density at radius 3 is 1.17 bits per heavy atom. The summed E-state index contributed by atoms with van der Waals surface area (Å²) in [5, 5.41) is 64.2. The summed E-state index contributed by atoms with van der Waals surface area (Å²) in [6.45, 7) is 3.91. The van der Waals surface area contributed by atoms with Crippen molar-refractivity contribution in [2.24, 2.45) is 0 Å². The van der Waals surface area contributed by atoms with E-state index in [2.05, 4.69) is 19.2 Å². The highest BCUT2D eigenvalue weighted by Crippen LogP contribution is 2.47. The number of hydrogen-bond donors (Lipinski definition) is 8. The largest absolute Gasteiger partial charge is 0.472 e. The van der Waals surface area contributed by atoms with Gasteiger partial charge in [-0.1, -0.05) is 213 Å². The molecule has 0 bridgehead atoms. The molecule has 0 saturated heterocycles. The Kier molecular flexibility index (Phi) is 35.1. The number of rotatable bonds is 41. The minimum absolute atomic E-state index is 0.243. The van der Waals surface area contributed by atoms with Crippen molar-refractivity contribution in [2.45, 2.75) is 281 Å². The second kappa shape index (κ2) is 36.8. The molecule has 1 saturated carbocycles. The molecular formula is C46H92NO11P. The molecule has 13 heteroatoms. The molecule has 1 aliphatic rings. The molecule has 1 fully saturated rings. The smallest absolute Gasteiger partial charge is 0.391 e. The Morgan fingerprint density at radius 2 is 0.814 bits per heavy atom. The van der Waals surface area contributed by atoms with E-state index in [1.54, 1.807) is 0 Å². The molecule has 9 atom stereocenters. The van der Waals surface area contributed by atoms with Crippen LogP contribution in [0.15, 0.2) is 0 Å². The van der Waals surface area contributed by atoms with Crippen LogP contribution < -0.4 is 5.32 Å². The standard InChI is InChI=1S/C46H92NO11P/c1-3-5-7-9-11-13-15-17-19-20-22-24-26-28-30-32-34-36-40(49)47-38(37-57-59(55,56)58-46-44(53)42(51)41(50)43(52)45(46)54)39(48)35-33-31-29-27-25-23-21-18-16-14-12-10-8-6-4-2/h38-39,41-46,48,50-54H,3-37H2,1-2H3,(H,47,49)(H,55,56)/t38-,39+,41?,42+,43?,44?,45?,46?/m0/s1. The van der Waals surface area contributed by atoms with Crippen molar-refractivity contribution in [2.75, 3.05) is 6.61 Å². The van der Waals surface area contributed by atoms with E-state index < -0.39 is 63.2 Å². The molecule has 8 N–H and O–H groups in total. The molecule has 1 rings (SSSR count). The number of aliphatic hydroxyl groups is 6. The van der Waals surface area contributed by atoms with Gasteiger partial charge in [0.25, 0.3) is 0 Å². The van der Waals surface area contributed by atoms with Crippen molar-refractivity contribution in [1.29, 1.82) is 0 Å². The quantitative estimate of drug-likeness (QED) is 0.0215. The highest BCUT2D eigenvalue weighted by molar-refractivity contribution is 7.47.